The number of carbonyl (C=O) groups is 1. The van der Waals surface area contributed by atoms with Gasteiger partial charge in [-0.25, -0.2) is 4.98 Å². The Balaban J connectivity index is 1.42. The van der Waals surface area contributed by atoms with Gasteiger partial charge in [-0.1, -0.05) is 0 Å². The predicted octanol–water partition coefficient (Wildman–Crippen LogP) is 3.51. The summed E-state index contributed by atoms with van der Waals surface area (Å²) in [6.07, 6.45) is 0. The normalized spacial score (nSPS) is 15.7. The maximum absolute atomic E-state index is 12.9. The lowest BCUT2D eigenvalue weighted by Gasteiger charge is -2.34. The first-order valence-electron chi connectivity index (χ1n) is 9.03. The average molecular weight is 369 g/mol. The van der Waals surface area contributed by atoms with Gasteiger partial charge in [0.2, 0.25) is 0 Å². The highest BCUT2D eigenvalue weighted by Crippen LogP contribution is 2.23. The molecule has 1 aromatic carbocycles. The number of carbonyl (C=O) groups excluding carboxylic acids is 1. The van der Waals surface area contributed by atoms with E-state index in [1.807, 2.05) is 30.0 Å². The number of fused-ring (bicyclic) bond motifs is 1. The number of H-pyrrole nitrogens is 1. The molecule has 1 aliphatic heterocycles. The standard InChI is InChI=1S/C20H24N4OS/c1-13-14(2)21-19-5-4-16(10-18(13)19)20(25)24-8-6-23(7-9-24)11-17-12-26-15(3)22-17/h4-5,10,12,21H,6-9,11H2,1-3H3. The molecule has 3 aromatic rings. The molecule has 4 rings (SSSR count). The first kappa shape index (κ1) is 17.2. The van der Waals surface area contributed by atoms with E-state index in [9.17, 15) is 4.79 Å². The van der Waals surface area contributed by atoms with Crippen molar-refractivity contribution in [3.05, 3.63) is 51.1 Å². The lowest BCUT2D eigenvalue weighted by atomic mass is 10.1. The number of aryl methyl sites for hydroxylation is 3. The zero-order valence-corrected chi connectivity index (χ0v) is 16.3. The topological polar surface area (TPSA) is 52.2 Å². The number of nitrogens with one attached hydrogen (secondary N) is 1. The zero-order valence-electron chi connectivity index (χ0n) is 15.5. The monoisotopic (exact) mass is 368 g/mol. The first-order chi connectivity index (χ1) is 12.5. The molecule has 1 aliphatic rings. The summed E-state index contributed by atoms with van der Waals surface area (Å²) in [6, 6.07) is 5.98. The molecule has 1 amide bonds. The minimum Gasteiger partial charge on any atom is -0.358 e. The van der Waals surface area contributed by atoms with Crippen molar-refractivity contribution in [1.82, 2.24) is 19.8 Å². The van der Waals surface area contributed by atoms with Crippen LogP contribution in [0.15, 0.2) is 23.6 Å². The SMILES string of the molecule is Cc1nc(CN2CCN(C(=O)c3ccc4[nH]c(C)c(C)c4c3)CC2)cs1. The van der Waals surface area contributed by atoms with Gasteiger partial charge in [0.15, 0.2) is 0 Å². The highest BCUT2D eigenvalue weighted by atomic mass is 32.1. The molecule has 0 aliphatic carbocycles. The Labute approximate surface area is 157 Å². The van der Waals surface area contributed by atoms with Gasteiger partial charge < -0.3 is 9.88 Å². The van der Waals surface area contributed by atoms with Gasteiger partial charge in [-0.2, -0.15) is 0 Å². The Morgan fingerprint density at radius 3 is 2.65 bits per heavy atom. The molecule has 0 bridgehead atoms. The van der Waals surface area contributed by atoms with Crippen LogP contribution in [0.1, 0.15) is 32.3 Å². The summed E-state index contributed by atoms with van der Waals surface area (Å²) < 4.78 is 0. The van der Waals surface area contributed by atoms with Crippen LogP contribution < -0.4 is 0 Å². The summed E-state index contributed by atoms with van der Waals surface area (Å²) in [4.78, 5) is 25.2. The van der Waals surface area contributed by atoms with Crippen molar-refractivity contribution >= 4 is 28.1 Å². The fourth-order valence-corrected chi connectivity index (χ4v) is 4.20. The Hall–Kier alpha value is -2.18. The van der Waals surface area contributed by atoms with Crippen LogP contribution >= 0.6 is 11.3 Å². The van der Waals surface area contributed by atoms with E-state index in [0.717, 1.165) is 65.6 Å². The Morgan fingerprint density at radius 1 is 1.19 bits per heavy atom. The Kier molecular flexibility index (Phi) is 4.54. The second-order valence-corrected chi connectivity index (χ2v) is 8.12. The van der Waals surface area contributed by atoms with E-state index in [2.05, 4.69) is 34.1 Å². The second-order valence-electron chi connectivity index (χ2n) is 7.06. The smallest absolute Gasteiger partial charge is 0.253 e. The molecule has 1 fully saturated rings. The van der Waals surface area contributed by atoms with E-state index in [-0.39, 0.29) is 5.91 Å². The molecule has 136 valence electrons. The number of aromatic nitrogens is 2. The molecule has 0 unspecified atom stereocenters. The van der Waals surface area contributed by atoms with E-state index in [0.29, 0.717) is 0 Å². The number of piperazine rings is 1. The van der Waals surface area contributed by atoms with Gasteiger partial charge in [-0.3, -0.25) is 9.69 Å². The van der Waals surface area contributed by atoms with E-state index in [1.54, 1.807) is 11.3 Å². The average Bonchev–Trinajstić information content (AvgIpc) is 3.18. The van der Waals surface area contributed by atoms with Crippen molar-refractivity contribution in [2.75, 3.05) is 26.2 Å². The lowest BCUT2D eigenvalue weighted by Crippen LogP contribution is -2.48. The molecule has 1 saturated heterocycles. The third kappa shape index (κ3) is 3.27. The van der Waals surface area contributed by atoms with Crippen LogP contribution in [-0.4, -0.2) is 51.9 Å². The van der Waals surface area contributed by atoms with Gasteiger partial charge in [0, 0.05) is 60.3 Å². The number of hydrogen-bond acceptors (Lipinski definition) is 4. The van der Waals surface area contributed by atoms with Crippen LogP contribution in [0, 0.1) is 20.8 Å². The van der Waals surface area contributed by atoms with E-state index < -0.39 is 0 Å². The number of nitrogens with zero attached hydrogens (tertiary/aromatic N) is 3. The summed E-state index contributed by atoms with van der Waals surface area (Å²) in [6.45, 7) is 10.4. The van der Waals surface area contributed by atoms with Crippen molar-refractivity contribution < 1.29 is 4.79 Å². The van der Waals surface area contributed by atoms with Gasteiger partial charge in [0.25, 0.3) is 5.91 Å². The summed E-state index contributed by atoms with van der Waals surface area (Å²) in [5.74, 6) is 0.134. The summed E-state index contributed by atoms with van der Waals surface area (Å²) in [7, 11) is 0. The zero-order chi connectivity index (χ0) is 18.3. The molecule has 2 aromatic heterocycles. The van der Waals surface area contributed by atoms with Gasteiger partial charge in [-0.15, -0.1) is 11.3 Å². The molecule has 0 radical (unpaired) electrons. The predicted molar refractivity (Wildman–Crippen MR) is 106 cm³/mol. The summed E-state index contributed by atoms with van der Waals surface area (Å²) in [5.41, 5.74) is 5.40. The highest BCUT2D eigenvalue weighted by molar-refractivity contribution is 7.09. The molecule has 0 saturated carbocycles. The minimum absolute atomic E-state index is 0.134. The number of thiazole rings is 1. The Morgan fingerprint density at radius 2 is 1.96 bits per heavy atom. The fraction of sp³-hybridized carbons (Fsp3) is 0.400. The van der Waals surface area contributed by atoms with Crippen molar-refractivity contribution in [1.29, 1.82) is 0 Å². The first-order valence-corrected chi connectivity index (χ1v) is 9.91. The lowest BCUT2D eigenvalue weighted by molar-refractivity contribution is 0.0627. The van der Waals surface area contributed by atoms with Crippen molar-refractivity contribution in [3.8, 4) is 0 Å². The van der Waals surface area contributed by atoms with Crippen LogP contribution in [-0.2, 0) is 6.54 Å². The third-order valence-electron chi connectivity index (χ3n) is 5.27. The van der Waals surface area contributed by atoms with Gasteiger partial charge in [-0.05, 0) is 44.5 Å². The number of benzene rings is 1. The molecule has 3 heterocycles. The van der Waals surface area contributed by atoms with Crippen LogP contribution in [0.4, 0.5) is 0 Å². The number of rotatable bonds is 3. The molecule has 1 N–H and O–H groups in total. The van der Waals surface area contributed by atoms with Crippen LogP contribution in [0.2, 0.25) is 0 Å². The van der Waals surface area contributed by atoms with Gasteiger partial charge >= 0.3 is 0 Å². The van der Waals surface area contributed by atoms with Crippen molar-refractivity contribution in [2.45, 2.75) is 27.3 Å². The third-order valence-corrected chi connectivity index (χ3v) is 6.09. The van der Waals surface area contributed by atoms with E-state index in [1.165, 1.54) is 5.56 Å². The largest absolute Gasteiger partial charge is 0.358 e. The van der Waals surface area contributed by atoms with E-state index in [4.69, 9.17) is 0 Å². The molecule has 0 spiro atoms. The number of amides is 1. The quantitative estimate of drug-likeness (QED) is 0.770. The molecule has 5 nitrogen and oxygen atoms in total. The van der Waals surface area contributed by atoms with Crippen LogP contribution in [0.25, 0.3) is 10.9 Å². The highest BCUT2D eigenvalue weighted by Gasteiger charge is 2.23. The minimum atomic E-state index is 0.134. The van der Waals surface area contributed by atoms with Gasteiger partial charge in [0.05, 0.1) is 10.7 Å². The molecular weight excluding hydrogens is 344 g/mol. The van der Waals surface area contributed by atoms with Crippen molar-refractivity contribution in [2.24, 2.45) is 0 Å². The number of aromatic amines is 1. The van der Waals surface area contributed by atoms with Crippen molar-refractivity contribution in [3.63, 3.8) is 0 Å². The maximum atomic E-state index is 12.9. The van der Waals surface area contributed by atoms with Gasteiger partial charge in [0.1, 0.15) is 0 Å². The molecular formula is C20H24N4OS. The van der Waals surface area contributed by atoms with Crippen LogP contribution in [0.3, 0.4) is 0 Å². The molecule has 26 heavy (non-hydrogen) atoms. The maximum Gasteiger partial charge on any atom is 0.253 e. The number of hydrogen-bond donors (Lipinski definition) is 1. The summed E-state index contributed by atoms with van der Waals surface area (Å²) in [5, 5.41) is 4.38. The fourth-order valence-electron chi connectivity index (χ4n) is 3.60. The summed E-state index contributed by atoms with van der Waals surface area (Å²) >= 11 is 1.69. The second kappa shape index (κ2) is 6.85. The Bertz CT molecular complexity index is 950. The molecule has 0 atom stereocenters. The van der Waals surface area contributed by atoms with E-state index >= 15 is 0 Å². The van der Waals surface area contributed by atoms with Crippen LogP contribution in [0.5, 0.6) is 0 Å². The molecule has 6 heteroatoms.